The van der Waals surface area contributed by atoms with Gasteiger partial charge in [-0.15, -0.1) is 0 Å². The molecule has 0 aliphatic rings. The summed E-state index contributed by atoms with van der Waals surface area (Å²) in [5.41, 5.74) is 0. The van der Waals surface area contributed by atoms with Crippen LogP contribution in [0.4, 0.5) is 0 Å². The molecule has 0 spiro atoms. The fourth-order valence-electron chi connectivity index (χ4n) is 9.20. The maximum atomic E-state index is 12.5. The number of hydrogen-bond donors (Lipinski definition) is 3. The second-order valence-corrected chi connectivity index (χ2v) is 20.3. The highest BCUT2D eigenvalue weighted by atomic mass is 16.5. The van der Waals surface area contributed by atoms with E-state index < -0.39 is 12.1 Å². The van der Waals surface area contributed by atoms with E-state index in [4.69, 9.17) is 4.74 Å². The Labute approximate surface area is 411 Å². The summed E-state index contributed by atoms with van der Waals surface area (Å²) >= 11 is 0. The summed E-state index contributed by atoms with van der Waals surface area (Å²) in [7, 11) is 0. The van der Waals surface area contributed by atoms with Gasteiger partial charge in [-0.3, -0.25) is 9.59 Å². The maximum Gasteiger partial charge on any atom is 0.305 e. The van der Waals surface area contributed by atoms with Gasteiger partial charge in [-0.2, -0.15) is 0 Å². The van der Waals surface area contributed by atoms with E-state index in [0.717, 1.165) is 57.8 Å². The molecule has 1 amide bonds. The molecule has 6 nitrogen and oxygen atoms in total. The molecule has 0 aromatic rings. The first-order valence-corrected chi connectivity index (χ1v) is 29.6. The van der Waals surface area contributed by atoms with E-state index in [1.807, 2.05) is 0 Å². The minimum atomic E-state index is -0.673. The minimum absolute atomic E-state index is 0.00854. The zero-order valence-electron chi connectivity index (χ0n) is 44.4. The van der Waals surface area contributed by atoms with E-state index >= 15 is 0 Å². The Kier molecular flexibility index (Phi) is 54.5. The molecule has 0 aromatic carbocycles. The van der Waals surface area contributed by atoms with Gasteiger partial charge in [0.1, 0.15) is 0 Å². The summed E-state index contributed by atoms with van der Waals surface area (Å²) < 4.78 is 5.48. The number of allylic oxidation sites excluding steroid dienone is 4. The molecule has 0 bridgehead atoms. The molecule has 0 saturated heterocycles. The third kappa shape index (κ3) is 51.7. The maximum absolute atomic E-state index is 12.5. The van der Waals surface area contributed by atoms with E-state index in [9.17, 15) is 19.8 Å². The second-order valence-electron chi connectivity index (χ2n) is 20.3. The number of nitrogens with one attached hydrogen (secondary N) is 1. The van der Waals surface area contributed by atoms with Gasteiger partial charge in [0.2, 0.25) is 5.91 Å². The topological polar surface area (TPSA) is 95.9 Å². The van der Waals surface area contributed by atoms with Crippen LogP contribution in [-0.4, -0.2) is 47.4 Å². The molecular weight excluding hydrogens is 815 g/mol. The lowest BCUT2D eigenvalue weighted by atomic mass is 10.0. The Morgan fingerprint density at radius 1 is 0.424 bits per heavy atom. The van der Waals surface area contributed by atoms with Gasteiger partial charge in [0.15, 0.2) is 0 Å². The van der Waals surface area contributed by atoms with Gasteiger partial charge in [-0.25, -0.2) is 0 Å². The molecule has 0 radical (unpaired) electrons. The van der Waals surface area contributed by atoms with Crippen LogP contribution >= 0.6 is 0 Å². The number of carbonyl (C=O) groups is 2. The van der Waals surface area contributed by atoms with Gasteiger partial charge in [0.05, 0.1) is 25.4 Å². The number of amides is 1. The van der Waals surface area contributed by atoms with Crippen LogP contribution in [0.2, 0.25) is 0 Å². The van der Waals surface area contributed by atoms with Crippen LogP contribution < -0.4 is 5.32 Å². The molecule has 2 atom stereocenters. The Morgan fingerprint density at radius 2 is 0.758 bits per heavy atom. The first-order chi connectivity index (χ1) is 32.5. The second kappa shape index (κ2) is 55.9. The van der Waals surface area contributed by atoms with Crippen molar-refractivity contribution in [2.75, 3.05) is 13.2 Å². The molecule has 0 aromatic heterocycles. The predicted octanol–water partition coefficient (Wildman–Crippen LogP) is 18.2. The van der Waals surface area contributed by atoms with Crippen LogP contribution in [0.1, 0.15) is 322 Å². The number of ether oxygens (including phenoxy) is 1. The monoisotopic (exact) mass is 930 g/mol. The van der Waals surface area contributed by atoms with Crippen molar-refractivity contribution in [3.05, 3.63) is 24.3 Å². The SMILES string of the molecule is CCCCC/C=C\C/C=C\CCCCCCCCCCCC(=O)OCCCCCCCCCCCCCCCC(=O)NC(CO)C(O)CCCCCCCCCCCCCCCCCCC. The first-order valence-electron chi connectivity index (χ1n) is 29.6. The number of aliphatic hydroxyl groups is 2. The van der Waals surface area contributed by atoms with E-state index in [1.54, 1.807) is 0 Å². The standard InChI is InChI=1S/C60H115NO5/c1-3-5-7-9-11-13-15-17-19-21-22-24-26-30-34-38-42-46-50-54-60(65)66-55-51-47-43-39-35-31-27-29-33-37-41-45-49-53-59(64)61-57(56-62)58(63)52-48-44-40-36-32-28-25-23-20-18-16-14-12-10-8-6-4-2/h11,13,17,19,57-58,62-63H,3-10,12,14-16,18,20-56H2,1-2H3,(H,61,64)/b13-11-,19-17-. The fourth-order valence-corrected chi connectivity index (χ4v) is 9.20. The summed E-state index contributed by atoms with van der Waals surface area (Å²) in [6.45, 7) is 4.92. The van der Waals surface area contributed by atoms with Crippen LogP contribution in [0, 0.1) is 0 Å². The van der Waals surface area contributed by atoms with Crippen molar-refractivity contribution in [1.29, 1.82) is 0 Å². The Morgan fingerprint density at radius 3 is 1.18 bits per heavy atom. The Hall–Kier alpha value is -1.66. The van der Waals surface area contributed by atoms with Crippen LogP contribution in [0.5, 0.6) is 0 Å². The van der Waals surface area contributed by atoms with Crippen molar-refractivity contribution in [2.45, 2.75) is 334 Å². The summed E-state index contributed by atoms with van der Waals surface area (Å²) in [6, 6.07) is -0.552. The number of esters is 1. The molecular formula is C60H115NO5. The molecule has 0 aliphatic heterocycles. The van der Waals surface area contributed by atoms with Crippen LogP contribution in [-0.2, 0) is 14.3 Å². The van der Waals surface area contributed by atoms with Crippen LogP contribution in [0.3, 0.4) is 0 Å². The Balaban J connectivity index is 3.43. The average Bonchev–Trinajstić information content (AvgIpc) is 3.32. The lowest BCUT2D eigenvalue weighted by Crippen LogP contribution is -2.45. The fraction of sp³-hybridized carbons (Fsp3) is 0.900. The number of rotatable bonds is 55. The van der Waals surface area contributed by atoms with E-state index in [2.05, 4.69) is 43.5 Å². The smallest absolute Gasteiger partial charge is 0.305 e. The highest BCUT2D eigenvalue weighted by molar-refractivity contribution is 5.76. The molecule has 0 saturated carbocycles. The molecule has 0 fully saturated rings. The lowest BCUT2D eigenvalue weighted by molar-refractivity contribution is -0.143. The molecule has 6 heteroatoms. The number of aliphatic hydroxyl groups excluding tert-OH is 2. The first kappa shape index (κ1) is 64.3. The molecule has 390 valence electrons. The van der Waals surface area contributed by atoms with Gasteiger partial charge in [-0.05, 0) is 57.8 Å². The average molecular weight is 931 g/mol. The van der Waals surface area contributed by atoms with Crippen molar-refractivity contribution < 1.29 is 24.5 Å². The normalized spacial score (nSPS) is 12.7. The zero-order chi connectivity index (χ0) is 47.9. The zero-order valence-corrected chi connectivity index (χ0v) is 44.4. The quantitative estimate of drug-likeness (QED) is 0.0321. The van der Waals surface area contributed by atoms with Gasteiger partial charge in [0, 0.05) is 12.8 Å². The van der Waals surface area contributed by atoms with Gasteiger partial charge in [0.25, 0.3) is 0 Å². The van der Waals surface area contributed by atoms with E-state index in [1.165, 1.54) is 231 Å². The lowest BCUT2D eigenvalue weighted by Gasteiger charge is -2.22. The summed E-state index contributed by atoms with van der Waals surface area (Å²) in [5.74, 6) is -0.0543. The van der Waals surface area contributed by atoms with Crippen LogP contribution in [0.25, 0.3) is 0 Å². The summed E-state index contributed by atoms with van der Waals surface area (Å²) in [4.78, 5) is 24.6. The van der Waals surface area contributed by atoms with Crippen molar-refractivity contribution in [3.8, 4) is 0 Å². The van der Waals surface area contributed by atoms with Gasteiger partial charge in [-0.1, -0.05) is 276 Å². The molecule has 3 N–H and O–H groups in total. The van der Waals surface area contributed by atoms with Crippen LogP contribution in [0.15, 0.2) is 24.3 Å². The number of unbranched alkanes of at least 4 members (excludes halogenated alkanes) is 40. The Bertz CT molecular complexity index is 1030. The highest BCUT2D eigenvalue weighted by Crippen LogP contribution is 2.17. The molecule has 0 rings (SSSR count). The molecule has 0 aliphatic carbocycles. The van der Waals surface area contributed by atoms with E-state index in [-0.39, 0.29) is 18.5 Å². The minimum Gasteiger partial charge on any atom is -0.466 e. The van der Waals surface area contributed by atoms with Crippen molar-refractivity contribution in [3.63, 3.8) is 0 Å². The van der Waals surface area contributed by atoms with Crippen molar-refractivity contribution in [1.82, 2.24) is 5.32 Å². The van der Waals surface area contributed by atoms with Crippen molar-refractivity contribution in [2.24, 2.45) is 0 Å². The predicted molar refractivity (Wildman–Crippen MR) is 287 cm³/mol. The number of hydrogen-bond acceptors (Lipinski definition) is 5. The van der Waals surface area contributed by atoms with Crippen molar-refractivity contribution >= 4 is 11.9 Å². The summed E-state index contributed by atoms with van der Waals surface area (Å²) in [5, 5.41) is 23.3. The number of carbonyl (C=O) groups excluding carboxylic acids is 2. The largest absolute Gasteiger partial charge is 0.466 e. The van der Waals surface area contributed by atoms with Gasteiger partial charge >= 0.3 is 5.97 Å². The van der Waals surface area contributed by atoms with E-state index in [0.29, 0.717) is 25.9 Å². The highest BCUT2D eigenvalue weighted by Gasteiger charge is 2.20. The third-order valence-corrected chi connectivity index (χ3v) is 13.8. The summed E-state index contributed by atoms with van der Waals surface area (Å²) in [6.07, 6.45) is 67.3. The molecule has 66 heavy (non-hydrogen) atoms. The molecule has 0 heterocycles. The molecule has 2 unspecified atom stereocenters. The third-order valence-electron chi connectivity index (χ3n) is 13.8. The van der Waals surface area contributed by atoms with Gasteiger partial charge < -0.3 is 20.3 Å².